The molecule has 24 heteroatoms. The van der Waals surface area contributed by atoms with Gasteiger partial charge >= 0.3 is 11.9 Å². The van der Waals surface area contributed by atoms with E-state index >= 15 is 0 Å². The summed E-state index contributed by atoms with van der Waals surface area (Å²) in [6.45, 7) is 4.93. The van der Waals surface area contributed by atoms with Crippen molar-refractivity contribution in [3.8, 4) is 23.0 Å². The molecular formula is C72H95ClN10O12Pd. The van der Waals surface area contributed by atoms with Gasteiger partial charge in [-0.25, -0.2) is 4.98 Å². The van der Waals surface area contributed by atoms with Crippen molar-refractivity contribution in [1.82, 2.24) is 29.1 Å². The van der Waals surface area contributed by atoms with Crippen molar-refractivity contribution in [2.75, 3.05) is 63.3 Å². The zero-order valence-electron chi connectivity index (χ0n) is 56.1. The number of hydrogen-bond acceptors (Lipinski definition) is 18. The smallest absolute Gasteiger partial charge is 0.305 e. The number of unbranched alkanes of at least 4 members (excludes halogenated alkanes) is 6. The Morgan fingerprint density at radius 3 is 1.31 bits per heavy atom. The number of esters is 2. The number of carbonyl (C=O) groups is 4. The summed E-state index contributed by atoms with van der Waals surface area (Å²) in [6, 6.07) is 36.6. The van der Waals surface area contributed by atoms with E-state index in [0.717, 1.165) is 153 Å². The molecule has 0 saturated heterocycles. The quantitative estimate of drug-likeness (QED) is 0.00873. The average Bonchev–Trinajstić information content (AvgIpc) is 1.63. The third kappa shape index (κ3) is 28.7. The Kier molecular flexibility index (Phi) is 35.3. The monoisotopic (exact) mass is 1430 g/mol. The minimum absolute atomic E-state index is 0. The van der Waals surface area contributed by atoms with Gasteiger partial charge in [0.1, 0.15) is 45.9 Å². The number of aromatic nitrogens is 6. The summed E-state index contributed by atoms with van der Waals surface area (Å²) in [7, 11) is 6.21. The van der Waals surface area contributed by atoms with Gasteiger partial charge in [-0.3, -0.25) is 19.2 Å². The van der Waals surface area contributed by atoms with E-state index in [4.69, 9.17) is 66.1 Å². The number of nitrogens with two attached hydrogens (primary N) is 1. The zero-order chi connectivity index (χ0) is 68.2. The van der Waals surface area contributed by atoms with Crippen LogP contribution in [0.15, 0.2) is 122 Å². The van der Waals surface area contributed by atoms with Crippen LogP contribution in [0.4, 0.5) is 29.0 Å². The molecule has 4 aromatic carbocycles. The number of nitrogens with zero attached hydrogens (tertiary/aromatic N) is 6. The maximum absolute atomic E-state index is 11.2. The first kappa shape index (κ1) is 78.1. The number of fused-ring (bicyclic) bond motifs is 2. The maximum atomic E-state index is 11.2. The molecule has 4 aromatic heterocycles. The first-order valence-corrected chi connectivity index (χ1v) is 33.1. The van der Waals surface area contributed by atoms with Gasteiger partial charge in [-0.2, -0.15) is 15.0 Å². The Labute approximate surface area is 582 Å². The Balaban J connectivity index is 0.000000266. The molecule has 8 aromatic rings. The predicted molar refractivity (Wildman–Crippen MR) is 374 cm³/mol. The van der Waals surface area contributed by atoms with E-state index in [1.165, 1.54) is 76.7 Å². The zero-order valence-corrected chi connectivity index (χ0v) is 58.4. The number of nitrogens with one attached hydrogen (secondary N) is 3. The summed E-state index contributed by atoms with van der Waals surface area (Å²) in [5, 5.41) is 27.9. The van der Waals surface area contributed by atoms with Gasteiger partial charge in [0.15, 0.2) is 0 Å². The summed E-state index contributed by atoms with van der Waals surface area (Å²) >= 11 is 6.22. The molecule has 2 saturated carbocycles. The molecule has 0 unspecified atom stereocenters. The largest absolute Gasteiger partial charge is 0.497 e. The minimum atomic E-state index is -0.833. The number of aliphatic carboxylic acids is 2. The fraction of sp³-hybridized carbons (Fsp3) is 0.444. The number of anilines is 5. The van der Waals surface area contributed by atoms with Crippen LogP contribution in [0.2, 0.25) is 5.28 Å². The van der Waals surface area contributed by atoms with Crippen molar-refractivity contribution in [2.45, 2.75) is 167 Å². The van der Waals surface area contributed by atoms with Crippen LogP contribution in [-0.2, 0) is 62.2 Å². The second kappa shape index (κ2) is 43.4. The van der Waals surface area contributed by atoms with Gasteiger partial charge in [0.05, 0.1) is 52.4 Å². The maximum Gasteiger partial charge on any atom is 0.305 e. The Hall–Kier alpha value is -8.65. The molecule has 2 aliphatic rings. The molecule has 2 aliphatic carbocycles. The molecule has 0 spiro atoms. The van der Waals surface area contributed by atoms with Crippen LogP contribution in [0.3, 0.4) is 0 Å². The molecule has 0 amide bonds. The van der Waals surface area contributed by atoms with Gasteiger partial charge < -0.3 is 69.5 Å². The molecule has 0 radical (unpaired) electrons. The Morgan fingerprint density at radius 1 is 0.510 bits per heavy atom. The third-order valence-electron chi connectivity index (χ3n) is 15.7. The number of ether oxygens (including phenoxy) is 6. The molecule has 7 N–H and O–H groups in total. The number of benzene rings is 4. The topological polar surface area (TPSA) is 288 Å². The number of hydrogen-bond donors (Lipinski definition) is 6. The summed E-state index contributed by atoms with van der Waals surface area (Å²) < 4.78 is 35.6. The van der Waals surface area contributed by atoms with Crippen LogP contribution >= 0.6 is 11.6 Å². The minimum Gasteiger partial charge on any atom is -0.497 e. The molecule has 22 nitrogen and oxygen atoms in total. The summed E-state index contributed by atoms with van der Waals surface area (Å²) in [5.74, 6) is 3.71. The summed E-state index contributed by atoms with van der Waals surface area (Å²) in [4.78, 5) is 58.9. The van der Waals surface area contributed by atoms with Gasteiger partial charge in [-0.05, 0) is 159 Å². The fourth-order valence-corrected chi connectivity index (χ4v) is 10.9. The fourth-order valence-electron chi connectivity index (χ4n) is 10.7. The molecular weight excluding hydrogens is 1340 g/mol. The van der Waals surface area contributed by atoms with Crippen molar-refractivity contribution in [3.63, 3.8) is 0 Å². The number of halogens is 1. The van der Waals surface area contributed by atoms with E-state index < -0.39 is 11.9 Å². The Bertz CT molecular complexity index is 3550. The SMILES string of the molecule is CC(=O)O.CC(=O)O.COC(=O)CCCCCCOc1ccc(N)cc1.COC(=O)CCCCCCOc1ccc(Nc2nc(NC3CCCCC3)c3ccn(Cc4ccc(OC)cc4)c3n2)cc1.COc1ccc(Cn2ccc3c(NC4CCCCC4)nc(Cl)nc32)cc1.[Pd]. The molecule has 522 valence electrons. The van der Waals surface area contributed by atoms with E-state index in [0.29, 0.717) is 50.6 Å². The van der Waals surface area contributed by atoms with Crippen LogP contribution in [0.1, 0.15) is 153 Å². The van der Waals surface area contributed by atoms with E-state index in [9.17, 15) is 9.59 Å². The van der Waals surface area contributed by atoms with Gasteiger partial charge in [-0.15, -0.1) is 0 Å². The van der Waals surface area contributed by atoms with Crippen LogP contribution < -0.4 is 40.6 Å². The molecule has 4 heterocycles. The second-order valence-electron chi connectivity index (χ2n) is 23.2. The molecule has 0 atom stereocenters. The summed E-state index contributed by atoms with van der Waals surface area (Å²) in [5.41, 5.74) is 11.3. The van der Waals surface area contributed by atoms with Gasteiger partial charge in [-0.1, -0.05) is 88.5 Å². The van der Waals surface area contributed by atoms with Crippen LogP contribution in [-0.4, -0.2) is 117 Å². The van der Waals surface area contributed by atoms with E-state index in [1.807, 2.05) is 79.0 Å². The third-order valence-corrected chi connectivity index (χ3v) is 15.8. The number of rotatable bonds is 28. The van der Waals surface area contributed by atoms with Crippen molar-refractivity contribution >= 4 is 86.5 Å². The molecule has 0 aliphatic heterocycles. The van der Waals surface area contributed by atoms with Crippen LogP contribution in [0, 0.1) is 0 Å². The molecule has 2 fully saturated rings. The Morgan fingerprint density at radius 2 is 0.896 bits per heavy atom. The second-order valence-corrected chi connectivity index (χ2v) is 23.5. The van der Waals surface area contributed by atoms with Crippen LogP contribution in [0.25, 0.3) is 22.1 Å². The van der Waals surface area contributed by atoms with Crippen molar-refractivity contribution in [1.29, 1.82) is 0 Å². The van der Waals surface area contributed by atoms with Crippen LogP contribution in [0.5, 0.6) is 23.0 Å². The van der Waals surface area contributed by atoms with E-state index in [1.54, 1.807) is 14.2 Å². The van der Waals surface area contributed by atoms with Gasteiger partial charge in [0.2, 0.25) is 11.2 Å². The normalized spacial score (nSPS) is 12.6. The van der Waals surface area contributed by atoms with Crippen molar-refractivity contribution < 1.29 is 78.2 Å². The number of nitrogen functional groups attached to an aromatic ring is 1. The number of methoxy groups -OCH3 is 4. The molecule has 96 heavy (non-hydrogen) atoms. The predicted octanol–water partition coefficient (Wildman–Crippen LogP) is 15.3. The standard InChI is InChI=1S/C34H43N5O4.C20H23ClN4O.C14H21NO3.2C2H4O2.Pd/c1-41-28-17-13-25(14-18-28)24-39-22-21-30-32(35-26-10-6-5-7-11-26)37-34(38-33(30)39)36-27-15-19-29(20-16-27)43-23-9-4-3-8-12-31(40)42-2;1-26-16-9-7-14(8-10-16)13-25-12-11-17-18(23-20(21)24-19(17)25)22-15-5-3-2-4-6-15;1-17-14(16)6-4-2-3-5-11-18-13-9-7-12(15)8-10-13;2*1-2(3)4;/h13-22,26H,3-12,23-24H2,1-2H3,(H2,35,36,37,38);7-12,15H,2-6,13H2,1H3,(H,22,23,24);7-10H,2-6,11,15H2,1H3;2*1H3,(H,3,4);. The van der Waals surface area contributed by atoms with Crippen molar-refractivity contribution in [2.24, 2.45) is 0 Å². The van der Waals surface area contributed by atoms with E-state index in [-0.39, 0.29) is 37.6 Å². The number of carbonyl (C=O) groups excluding carboxylic acids is 2. The number of carboxylic acid groups (broad SMARTS) is 2. The molecule has 0 bridgehead atoms. The van der Waals surface area contributed by atoms with E-state index in [2.05, 4.69) is 87.1 Å². The van der Waals surface area contributed by atoms with Gasteiger partial charge in [0, 0.05) is 96.1 Å². The molecule has 10 rings (SSSR count). The average molecular weight is 1430 g/mol. The van der Waals surface area contributed by atoms with Crippen molar-refractivity contribution in [3.05, 3.63) is 138 Å². The van der Waals surface area contributed by atoms with Gasteiger partial charge in [0.25, 0.3) is 11.9 Å². The first-order valence-electron chi connectivity index (χ1n) is 32.7. The number of carboxylic acids is 2. The summed E-state index contributed by atoms with van der Waals surface area (Å²) in [6.07, 6.45) is 25.3. The first-order chi connectivity index (χ1) is 46.0.